The molecule has 14 heteroatoms. The minimum atomic E-state index is -4.80. The summed E-state index contributed by atoms with van der Waals surface area (Å²) >= 11 is 0. The van der Waals surface area contributed by atoms with Crippen LogP contribution >= 0.6 is 0 Å². The number of pyridine rings is 2. The van der Waals surface area contributed by atoms with E-state index in [0.717, 1.165) is 30.6 Å². The van der Waals surface area contributed by atoms with Crippen LogP contribution < -0.4 is 9.88 Å². The quantitative estimate of drug-likeness (QED) is 0.393. The average molecular weight is 505 g/mol. The van der Waals surface area contributed by atoms with Crippen molar-refractivity contribution < 1.29 is 44.3 Å². The summed E-state index contributed by atoms with van der Waals surface area (Å²) in [4.78, 5) is 19.3. The summed E-state index contributed by atoms with van der Waals surface area (Å²) in [5.41, 5.74) is -2.66. The topological polar surface area (TPSA) is 112 Å². The lowest BCUT2D eigenvalue weighted by Crippen LogP contribution is -2.14. The van der Waals surface area contributed by atoms with Crippen LogP contribution in [0.25, 0.3) is 0 Å². The van der Waals surface area contributed by atoms with Gasteiger partial charge in [-0.1, -0.05) is 0 Å². The molecule has 2 heterocycles. The third-order valence-electron chi connectivity index (χ3n) is 4.33. The Balaban J connectivity index is 1.96. The molecule has 180 valence electrons. The summed E-state index contributed by atoms with van der Waals surface area (Å²) in [7, 11) is -4.12. The molecule has 0 atom stereocenters. The zero-order valence-corrected chi connectivity index (χ0v) is 17.5. The standard InChI is InChI=1S/C20H13F6N3O4S/c21-19(22,23)12-1-3-15(16(30)6-11-5-14(10-28-8-11)34(27,31)32)17(7-12)33-13-2-4-18(29-9-13)20(24,25)26/h1-5,7-10H,6H2,(H2,27,31,32). The SMILES string of the molecule is NS(=O)(=O)c1cncc(CC(=O)c2ccc(C(F)(F)F)cc2Oc2ccc(C(F)(F)F)nc2)c1. The maximum atomic E-state index is 13.2. The molecular weight excluding hydrogens is 492 g/mol. The number of alkyl halides is 6. The fourth-order valence-corrected chi connectivity index (χ4v) is 3.27. The van der Waals surface area contributed by atoms with E-state index in [1.807, 2.05) is 0 Å². The van der Waals surface area contributed by atoms with Crippen LogP contribution in [0.3, 0.4) is 0 Å². The molecule has 0 saturated heterocycles. The van der Waals surface area contributed by atoms with Gasteiger partial charge in [0.05, 0.1) is 17.3 Å². The zero-order chi connectivity index (χ0) is 25.3. The average Bonchev–Trinajstić information content (AvgIpc) is 2.72. The van der Waals surface area contributed by atoms with Crippen LogP contribution in [0.2, 0.25) is 0 Å². The fraction of sp³-hybridized carbons (Fsp3) is 0.150. The van der Waals surface area contributed by atoms with Crippen LogP contribution in [-0.2, 0) is 28.8 Å². The molecule has 3 aromatic rings. The van der Waals surface area contributed by atoms with Gasteiger partial charge in [-0.05, 0) is 42.0 Å². The predicted molar refractivity (Wildman–Crippen MR) is 104 cm³/mol. The third kappa shape index (κ3) is 6.08. The van der Waals surface area contributed by atoms with Gasteiger partial charge in [0.15, 0.2) is 5.78 Å². The van der Waals surface area contributed by atoms with Gasteiger partial charge < -0.3 is 4.74 Å². The summed E-state index contributed by atoms with van der Waals surface area (Å²) in [5.74, 6) is -1.71. The number of hydrogen-bond acceptors (Lipinski definition) is 6. The number of hydrogen-bond donors (Lipinski definition) is 1. The van der Waals surface area contributed by atoms with Gasteiger partial charge in [-0.15, -0.1) is 0 Å². The number of carbonyl (C=O) groups excluding carboxylic acids is 1. The third-order valence-corrected chi connectivity index (χ3v) is 5.21. The number of ether oxygens (including phenoxy) is 1. The Bertz CT molecular complexity index is 1320. The smallest absolute Gasteiger partial charge is 0.433 e. The molecule has 2 N–H and O–H groups in total. The summed E-state index contributed by atoms with van der Waals surface area (Å²) in [5, 5.41) is 5.02. The van der Waals surface area contributed by atoms with Gasteiger partial charge >= 0.3 is 12.4 Å². The number of halogens is 6. The largest absolute Gasteiger partial charge is 0.455 e. The second kappa shape index (κ2) is 9.02. The van der Waals surface area contributed by atoms with Crippen LogP contribution in [0.15, 0.2) is 59.9 Å². The van der Waals surface area contributed by atoms with E-state index in [9.17, 15) is 39.6 Å². The van der Waals surface area contributed by atoms with Gasteiger partial charge in [0, 0.05) is 18.8 Å². The Morgan fingerprint density at radius 2 is 1.65 bits per heavy atom. The molecule has 0 fully saturated rings. The molecule has 0 bridgehead atoms. The van der Waals surface area contributed by atoms with Gasteiger partial charge in [0.25, 0.3) is 0 Å². The monoisotopic (exact) mass is 505 g/mol. The molecule has 0 radical (unpaired) electrons. The van der Waals surface area contributed by atoms with E-state index >= 15 is 0 Å². The second-order valence-corrected chi connectivity index (χ2v) is 8.42. The molecule has 0 aliphatic heterocycles. The first kappa shape index (κ1) is 25.1. The Labute approximate surface area is 188 Å². The molecule has 0 unspecified atom stereocenters. The molecule has 0 spiro atoms. The van der Waals surface area contributed by atoms with E-state index in [0.29, 0.717) is 24.4 Å². The van der Waals surface area contributed by atoms with Crippen molar-refractivity contribution in [1.82, 2.24) is 9.97 Å². The summed E-state index contributed by atoms with van der Waals surface area (Å²) in [6.07, 6.45) is -7.26. The molecule has 3 rings (SSSR count). The number of Topliss-reactive ketones (excluding diaryl/α,β-unsaturated/α-hetero) is 1. The lowest BCUT2D eigenvalue weighted by molar-refractivity contribution is -0.141. The summed E-state index contributed by atoms with van der Waals surface area (Å²) < 4.78 is 106. The van der Waals surface area contributed by atoms with Gasteiger partial charge in [-0.2, -0.15) is 26.3 Å². The minimum Gasteiger partial charge on any atom is -0.455 e. The van der Waals surface area contributed by atoms with Crippen molar-refractivity contribution in [2.24, 2.45) is 5.14 Å². The number of ketones is 1. The Kier molecular flexibility index (Phi) is 6.66. The molecule has 7 nitrogen and oxygen atoms in total. The second-order valence-electron chi connectivity index (χ2n) is 6.86. The minimum absolute atomic E-state index is 0.0959. The molecule has 0 saturated carbocycles. The van der Waals surface area contributed by atoms with Crippen molar-refractivity contribution in [3.8, 4) is 11.5 Å². The highest BCUT2D eigenvalue weighted by molar-refractivity contribution is 7.89. The molecule has 1 aromatic carbocycles. The van der Waals surface area contributed by atoms with Gasteiger partial charge in [-0.25, -0.2) is 18.5 Å². The van der Waals surface area contributed by atoms with E-state index in [1.54, 1.807) is 0 Å². The van der Waals surface area contributed by atoms with Crippen LogP contribution in [0, 0.1) is 0 Å². The highest BCUT2D eigenvalue weighted by Gasteiger charge is 2.33. The van der Waals surface area contributed by atoms with E-state index in [1.165, 1.54) is 0 Å². The first-order valence-corrected chi connectivity index (χ1v) is 10.6. The Morgan fingerprint density at radius 3 is 2.21 bits per heavy atom. The zero-order valence-electron chi connectivity index (χ0n) is 16.7. The molecular formula is C20H13F6N3O4S. The molecule has 2 aromatic heterocycles. The Hall–Kier alpha value is -3.52. The lowest BCUT2D eigenvalue weighted by Gasteiger charge is -2.14. The van der Waals surface area contributed by atoms with Crippen molar-refractivity contribution in [3.05, 3.63) is 77.4 Å². The highest BCUT2D eigenvalue weighted by atomic mass is 32.2. The van der Waals surface area contributed by atoms with Crippen molar-refractivity contribution in [3.63, 3.8) is 0 Å². The summed E-state index contributed by atoms with van der Waals surface area (Å²) in [6.45, 7) is 0. The van der Waals surface area contributed by atoms with E-state index in [2.05, 4.69) is 9.97 Å². The molecule has 34 heavy (non-hydrogen) atoms. The maximum Gasteiger partial charge on any atom is 0.433 e. The van der Waals surface area contributed by atoms with Crippen molar-refractivity contribution in [2.75, 3.05) is 0 Å². The number of aromatic nitrogens is 2. The van der Waals surface area contributed by atoms with Crippen LogP contribution in [0.5, 0.6) is 11.5 Å². The maximum absolute atomic E-state index is 13.2. The number of nitrogens with two attached hydrogens (primary N) is 1. The number of carbonyl (C=O) groups is 1. The van der Waals surface area contributed by atoms with E-state index in [-0.39, 0.29) is 21.8 Å². The van der Waals surface area contributed by atoms with Gasteiger partial charge in [0.2, 0.25) is 10.0 Å². The number of nitrogens with zero attached hydrogens (tertiary/aromatic N) is 2. The van der Waals surface area contributed by atoms with Gasteiger partial charge in [0.1, 0.15) is 22.1 Å². The number of primary sulfonamides is 1. The Morgan fingerprint density at radius 1 is 0.941 bits per heavy atom. The molecule has 0 aliphatic carbocycles. The van der Waals surface area contributed by atoms with E-state index in [4.69, 9.17) is 9.88 Å². The fourth-order valence-electron chi connectivity index (χ4n) is 2.75. The summed E-state index contributed by atoms with van der Waals surface area (Å²) in [6, 6.07) is 4.46. The van der Waals surface area contributed by atoms with Crippen molar-refractivity contribution in [1.29, 1.82) is 0 Å². The van der Waals surface area contributed by atoms with Gasteiger partial charge in [-0.3, -0.25) is 9.78 Å². The highest BCUT2D eigenvalue weighted by Crippen LogP contribution is 2.36. The predicted octanol–water partition coefficient (Wildman–Crippen LogP) is 4.38. The van der Waals surface area contributed by atoms with Crippen molar-refractivity contribution in [2.45, 2.75) is 23.7 Å². The number of benzene rings is 1. The van der Waals surface area contributed by atoms with Crippen LogP contribution in [0.1, 0.15) is 27.2 Å². The van der Waals surface area contributed by atoms with Crippen molar-refractivity contribution >= 4 is 15.8 Å². The van der Waals surface area contributed by atoms with Crippen LogP contribution in [-0.4, -0.2) is 24.2 Å². The first-order chi connectivity index (χ1) is 15.6. The van der Waals surface area contributed by atoms with Crippen LogP contribution in [0.4, 0.5) is 26.3 Å². The van der Waals surface area contributed by atoms with E-state index < -0.39 is 51.6 Å². The first-order valence-electron chi connectivity index (χ1n) is 9.07. The lowest BCUT2D eigenvalue weighted by atomic mass is 10.0. The number of rotatable bonds is 6. The molecule has 0 amide bonds. The normalized spacial score (nSPS) is 12.4. The number of sulfonamides is 1. The molecule has 0 aliphatic rings.